The molecule has 0 atom stereocenters. The molecule has 0 fully saturated rings. The monoisotopic (exact) mass is 259 g/mol. The molecule has 0 aliphatic rings. The third kappa shape index (κ3) is 2.81. The van der Waals surface area contributed by atoms with E-state index >= 15 is 0 Å². The Labute approximate surface area is 112 Å². The summed E-state index contributed by atoms with van der Waals surface area (Å²) in [5, 5.41) is 0.906. The lowest BCUT2D eigenvalue weighted by Gasteiger charge is -2.14. The van der Waals surface area contributed by atoms with Crippen molar-refractivity contribution in [1.29, 1.82) is 0 Å². The molecule has 5 heteroatoms. The normalized spacial score (nSPS) is 10.5. The molecule has 1 aromatic heterocycles. The zero-order valence-electron chi connectivity index (χ0n) is 11.6. The van der Waals surface area contributed by atoms with Gasteiger partial charge in [0.15, 0.2) is 6.61 Å². The molecule has 0 radical (unpaired) electrons. The van der Waals surface area contributed by atoms with Crippen molar-refractivity contribution < 1.29 is 9.53 Å². The van der Waals surface area contributed by atoms with E-state index < -0.39 is 0 Å². The number of likely N-dealkylation sites (N-methyl/N-ethyl adjacent to an activating group) is 1. The maximum atomic E-state index is 11.6. The number of ether oxygens (including phenoxy) is 1. The van der Waals surface area contributed by atoms with Crippen LogP contribution in [0, 0.1) is 13.8 Å². The van der Waals surface area contributed by atoms with Crippen molar-refractivity contribution >= 4 is 16.8 Å². The van der Waals surface area contributed by atoms with Gasteiger partial charge in [-0.1, -0.05) is 12.1 Å². The van der Waals surface area contributed by atoms with Gasteiger partial charge in [-0.3, -0.25) is 4.79 Å². The van der Waals surface area contributed by atoms with Gasteiger partial charge in [0.1, 0.15) is 17.1 Å². The molecule has 2 aromatic rings. The zero-order chi connectivity index (χ0) is 14.0. The Bertz CT molecular complexity index is 618. The van der Waals surface area contributed by atoms with Gasteiger partial charge in [0.25, 0.3) is 5.91 Å². The van der Waals surface area contributed by atoms with Crippen molar-refractivity contribution in [3.63, 3.8) is 0 Å². The third-order valence-corrected chi connectivity index (χ3v) is 2.86. The molecule has 1 heterocycles. The van der Waals surface area contributed by atoms with Gasteiger partial charge in [-0.15, -0.1) is 0 Å². The molecule has 0 saturated carbocycles. The van der Waals surface area contributed by atoms with Gasteiger partial charge in [0.2, 0.25) is 0 Å². The quantitative estimate of drug-likeness (QED) is 0.842. The SMILES string of the molecule is Cc1ncc2ccc(C)c(OCC(=O)N(C)C)c2n1. The fourth-order valence-electron chi connectivity index (χ4n) is 1.71. The Balaban J connectivity index is 2.38. The van der Waals surface area contributed by atoms with E-state index in [4.69, 9.17) is 4.74 Å². The van der Waals surface area contributed by atoms with E-state index in [0.717, 1.165) is 16.5 Å². The first-order valence-corrected chi connectivity index (χ1v) is 6.05. The number of carbonyl (C=O) groups is 1. The first-order chi connectivity index (χ1) is 8.99. The summed E-state index contributed by atoms with van der Waals surface area (Å²) in [6.45, 7) is 3.78. The molecule has 0 saturated heterocycles. The second-order valence-corrected chi connectivity index (χ2v) is 4.64. The molecule has 1 aromatic carbocycles. The maximum absolute atomic E-state index is 11.6. The number of aromatic nitrogens is 2. The summed E-state index contributed by atoms with van der Waals surface area (Å²) in [6, 6.07) is 3.89. The predicted octanol–water partition coefficient (Wildman–Crippen LogP) is 1.71. The Morgan fingerprint density at radius 1 is 1.32 bits per heavy atom. The van der Waals surface area contributed by atoms with Crippen molar-refractivity contribution in [3.8, 4) is 5.75 Å². The van der Waals surface area contributed by atoms with Crippen LogP contribution in [0.15, 0.2) is 18.3 Å². The van der Waals surface area contributed by atoms with Gasteiger partial charge in [-0.2, -0.15) is 0 Å². The molecule has 100 valence electrons. The van der Waals surface area contributed by atoms with Crippen molar-refractivity contribution in [3.05, 3.63) is 29.7 Å². The van der Waals surface area contributed by atoms with Crippen molar-refractivity contribution in [2.45, 2.75) is 13.8 Å². The highest BCUT2D eigenvalue weighted by atomic mass is 16.5. The van der Waals surface area contributed by atoms with Crippen LogP contribution < -0.4 is 4.74 Å². The second kappa shape index (κ2) is 5.22. The number of hydrogen-bond donors (Lipinski definition) is 0. The molecule has 1 amide bonds. The van der Waals surface area contributed by atoms with Gasteiger partial charge in [-0.05, 0) is 19.4 Å². The van der Waals surface area contributed by atoms with E-state index in [-0.39, 0.29) is 12.5 Å². The van der Waals surface area contributed by atoms with Gasteiger partial charge >= 0.3 is 0 Å². The lowest BCUT2D eigenvalue weighted by Crippen LogP contribution is -2.27. The second-order valence-electron chi connectivity index (χ2n) is 4.64. The van der Waals surface area contributed by atoms with Gasteiger partial charge in [0.05, 0.1) is 0 Å². The highest BCUT2D eigenvalue weighted by Crippen LogP contribution is 2.27. The molecule has 0 spiro atoms. The van der Waals surface area contributed by atoms with Crippen LogP contribution in [0.3, 0.4) is 0 Å². The number of fused-ring (bicyclic) bond motifs is 1. The number of nitrogens with zero attached hydrogens (tertiary/aromatic N) is 3. The molecule has 0 aliphatic carbocycles. The number of rotatable bonds is 3. The molecule has 0 N–H and O–H groups in total. The average Bonchev–Trinajstić information content (AvgIpc) is 2.37. The highest BCUT2D eigenvalue weighted by Gasteiger charge is 2.11. The Morgan fingerprint density at radius 2 is 2.05 bits per heavy atom. The van der Waals surface area contributed by atoms with Crippen LogP contribution in [0.4, 0.5) is 0 Å². The smallest absolute Gasteiger partial charge is 0.259 e. The van der Waals surface area contributed by atoms with Crippen LogP contribution >= 0.6 is 0 Å². The molecule has 0 bridgehead atoms. The summed E-state index contributed by atoms with van der Waals surface area (Å²) in [5.41, 5.74) is 1.70. The van der Waals surface area contributed by atoms with E-state index in [0.29, 0.717) is 11.6 Å². The number of amides is 1. The van der Waals surface area contributed by atoms with E-state index in [9.17, 15) is 4.79 Å². The Kier molecular flexibility index (Phi) is 3.64. The van der Waals surface area contributed by atoms with Gasteiger partial charge in [-0.25, -0.2) is 9.97 Å². The fourth-order valence-corrected chi connectivity index (χ4v) is 1.71. The molecular formula is C14H17N3O2. The summed E-state index contributed by atoms with van der Waals surface area (Å²) < 4.78 is 5.65. The van der Waals surface area contributed by atoms with E-state index in [1.54, 1.807) is 20.3 Å². The molecule has 0 unspecified atom stereocenters. The topological polar surface area (TPSA) is 55.3 Å². The summed E-state index contributed by atoms with van der Waals surface area (Å²) in [6.07, 6.45) is 1.76. The summed E-state index contributed by atoms with van der Waals surface area (Å²) in [7, 11) is 3.40. The van der Waals surface area contributed by atoms with Crippen molar-refractivity contribution in [2.24, 2.45) is 0 Å². The van der Waals surface area contributed by atoms with Crippen molar-refractivity contribution in [1.82, 2.24) is 14.9 Å². The van der Waals surface area contributed by atoms with Crippen LogP contribution in [0.5, 0.6) is 5.75 Å². The highest BCUT2D eigenvalue weighted by molar-refractivity contribution is 5.86. The van der Waals surface area contributed by atoms with Gasteiger partial charge < -0.3 is 9.64 Å². The van der Waals surface area contributed by atoms with E-state index in [1.807, 2.05) is 26.0 Å². The number of hydrogen-bond acceptors (Lipinski definition) is 4. The van der Waals surface area contributed by atoms with Crippen LogP contribution in [-0.4, -0.2) is 41.5 Å². The summed E-state index contributed by atoms with van der Waals surface area (Å²) in [4.78, 5) is 21.7. The van der Waals surface area contributed by atoms with E-state index in [1.165, 1.54) is 4.90 Å². The first-order valence-electron chi connectivity index (χ1n) is 6.05. The maximum Gasteiger partial charge on any atom is 0.259 e. The first kappa shape index (κ1) is 13.3. The largest absolute Gasteiger partial charge is 0.481 e. The number of benzene rings is 1. The Hall–Kier alpha value is -2.17. The molecule has 19 heavy (non-hydrogen) atoms. The summed E-state index contributed by atoms with van der Waals surface area (Å²) in [5.74, 6) is 1.25. The Morgan fingerprint density at radius 3 is 2.74 bits per heavy atom. The number of aryl methyl sites for hydroxylation is 2. The van der Waals surface area contributed by atoms with Crippen LogP contribution in [-0.2, 0) is 4.79 Å². The van der Waals surface area contributed by atoms with Crippen LogP contribution in [0.1, 0.15) is 11.4 Å². The zero-order valence-corrected chi connectivity index (χ0v) is 11.6. The molecule has 0 aliphatic heterocycles. The molecule has 5 nitrogen and oxygen atoms in total. The average molecular weight is 259 g/mol. The number of carbonyl (C=O) groups excluding carboxylic acids is 1. The lowest BCUT2D eigenvalue weighted by molar-refractivity contribution is -0.130. The van der Waals surface area contributed by atoms with Crippen LogP contribution in [0.25, 0.3) is 10.9 Å². The minimum atomic E-state index is -0.0813. The minimum Gasteiger partial charge on any atom is -0.481 e. The molecule has 2 rings (SSSR count). The standard InChI is InChI=1S/C14H17N3O2/c1-9-5-6-11-7-15-10(2)16-13(11)14(9)19-8-12(18)17(3)4/h5-7H,8H2,1-4H3. The van der Waals surface area contributed by atoms with E-state index in [2.05, 4.69) is 9.97 Å². The lowest BCUT2D eigenvalue weighted by atomic mass is 10.1. The van der Waals surface area contributed by atoms with Crippen LogP contribution in [0.2, 0.25) is 0 Å². The van der Waals surface area contributed by atoms with Gasteiger partial charge in [0, 0.05) is 25.7 Å². The third-order valence-electron chi connectivity index (χ3n) is 2.86. The minimum absolute atomic E-state index is 0.00992. The molecular weight excluding hydrogens is 242 g/mol. The predicted molar refractivity (Wildman–Crippen MR) is 73.2 cm³/mol. The summed E-state index contributed by atoms with van der Waals surface area (Å²) >= 11 is 0. The fraction of sp³-hybridized carbons (Fsp3) is 0.357. The van der Waals surface area contributed by atoms with Crippen molar-refractivity contribution in [2.75, 3.05) is 20.7 Å².